The Morgan fingerprint density at radius 2 is 0.914 bits per heavy atom. The van der Waals surface area contributed by atoms with Crippen LogP contribution in [0.3, 0.4) is 0 Å². The highest BCUT2D eigenvalue weighted by Crippen LogP contribution is 2.30. The third-order valence-corrected chi connectivity index (χ3v) is 24.5. The maximum atomic E-state index is 5.48. The number of nitrogens with one attached hydrogen (secondary N) is 2. The number of H-pyrrole nitrogens is 1. The zero-order valence-electron chi connectivity index (χ0n) is 103. The van der Waals surface area contributed by atoms with Gasteiger partial charge < -0.3 is 38.9 Å². The number of imidazole rings is 1. The van der Waals surface area contributed by atoms with E-state index in [4.69, 9.17) is 13.9 Å². The van der Waals surface area contributed by atoms with Crippen molar-refractivity contribution in [2.45, 2.75) is 498 Å². The minimum Gasteiger partial charge on any atom is -0.476 e. The van der Waals surface area contributed by atoms with Crippen LogP contribution in [0, 0.1) is 81.0 Å². The van der Waals surface area contributed by atoms with Crippen molar-refractivity contribution in [2.75, 3.05) is 106 Å². The lowest BCUT2D eigenvalue weighted by atomic mass is 9.82. The van der Waals surface area contributed by atoms with Crippen LogP contribution in [0.25, 0.3) is 0 Å². The third-order valence-electron chi connectivity index (χ3n) is 23.2. The van der Waals surface area contributed by atoms with Crippen LogP contribution >= 0.6 is 11.3 Å². The van der Waals surface area contributed by atoms with Crippen LogP contribution in [0.2, 0.25) is 0 Å². The monoisotopic (exact) mass is 2000 g/mol. The van der Waals surface area contributed by atoms with Crippen LogP contribution in [-0.4, -0.2) is 229 Å². The lowest BCUT2D eigenvalue weighted by molar-refractivity contribution is -0.501. The molecule has 0 bridgehead atoms. The molecule has 7 aliphatic heterocycles. The fourth-order valence-electron chi connectivity index (χ4n) is 13.8. The number of ether oxygens (including phenoxy) is 2. The van der Waals surface area contributed by atoms with Gasteiger partial charge in [-0.25, -0.2) is 24.6 Å². The molecular formula is C119H248N17O3S+. The Morgan fingerprint density at radius 3 is 1.14 bits per heavy atom. The van der Waals surface area contributed by atoms with Gasteiger partial charge in [0.15, 0.2) is 30.4 Å². The van der Waals surface area contributed by atoms with E-state index in [0.717, 1.165) is 121 Å². The zero-order valence-corrected chi connectivity index (χ0v) is 104. The summed E-state index contributed by atoms with van der Waals surface area (Å²) in [7, 11) is 8.27. The molecule has 21 heteroatoms. The predicted molar refractivity (Wildman–Crippen MR) is 631 cm³/mol. The van der Waals surface area contributed by atoms with E-state index >= 15 is 0 Å². The van der Waals surface area contributed by atoms with Gasteiger partial charge in [0.25, 0.3) is 0 Å². The van der Waals surface area contributed by atoms with Crippen molar-refractivity contribution in [3.05, 3.63) is 93.4 Å². The van der Waals surface area contributed by atoms with Crippen molar-refractivity contribution in [3.8, 4) is 0 Å². The molecule has 832 valence electrons. The summed E-state index contributed by atoms with van der Waals surface area (Å²) in [6.07, 6.45) is 22.3. The Labute approximate surface area is 879 Å². The summed E-state index contributed by atoms with van der Waals surface area (Å²) in [5, 5.41) is 19.9. The normalized spacial score (nSPS) is 17.6. The maximum absolute atomic E-state index is 5.48. The summed E-state index contributed by atoms with van der Waals surface area (Å²) in [6.45, 7) is 124. The van der Waals surface area contributed by atoms with Crippen LogP contribution in [0.15, 0.2) is 63.6 Å². The number of nitrogens with zero attached hydrogens (tertiary/aromatic N) is 15. The average Bonchev–Trinajstić information content (AvgIpc) is 1.75. The number of likely N-dealkylation sites (tertiary alicyclic amines) is 2. The second-order valence-electron chi connectivity index (χ2n) is 40.6. The first-order chi connectivity index (χ1) is 65.5. The molecule has 4 aromatic heterocycles. The largest absolute Gasteiger partial charge is 0.476 e. The number of hydrazone groups is 1. The van der Waals surface area contributed by atoms with Gasteiger partial charge in [0.2, 0.25) is 0 Å². The van der Waals surface area contributed by atoms with Crippen molar-refractivity contribution in [1.82, 2.24) is 70.0 Å². The van der Waals surface area contributed by atoms with Gasteiger partial charge in [-0.05, 0) is 244 Å². The number of aromatic nitrogens is 8. The minimum atomic E-state index is 0. The number of hydrogen-bond acceptors (Lipinski definition) is 18. The number of piperazine rings is 1. The van der Waals surface area contributed by atoms with Crippen LogP contribution in [-0.2, 0) is 16.5 Å². The molecule has 0 amide bonds. The number of benzene rings is 1. The van der Waals surface area contributed by atoms with Gasteiger partial charge in [0.05, 0.1) is 54.1 Å². The van der Waals surface area contributed by atoms with Crippen LogP contribution in [0.4, 0.5) is 0 Å². The summed E-state index contributed by atoms with van der Waals surface area (Å²) < 4.78 is 19.7. The molecule has 0 spiro atoms. The van der Waals surface area contributed by atoms with E-state index in [1.54, 1.807) is 23.4 Å². The Bertz CT molecular complexity index is 3190. The highest BCUT2D eigenvalue weighted by Gasteiger charge is 2.26. The molecule has 1 aromatic carbocycles. The molecule has 4 unspecified atom stereocenters. The molecule has 13 rings (SSSR count). The standard InChI is InChI=1S/C9H19N.C9H18.C9H12.C8H18N2.C8H15N2.C8H15NO.C8H13NO.C8H13NS.C8H17N.C7H15NO.C6H13N.C5H10N4.2C4H10.C3H4N2.7C2H6.CH4/c1-8(2)9-4-6-10(3)7-5-9;2*1-8(2)9-6-4-3-5-7-9;1-8(2)10-6-4-9(3)5-7-10;1-6(2)8-5-7(3)9-10(8)4;3*1-5(2)8-9-6(3)7(4)10-8;1-8(2)9-6-4-3-5-7-9;1-7(2)8-3-5-9-6-4-8;1-5-3-4-7-6(5)2;1-4(2)5-6-7-8-9(5)3;2*1-4(2)3;1-2-5-3-4-1;7*1-2;/h8-9H,4-7H2,1-3H3;8-9H,3-7H2,1-2H3;3-8H,1-2H3;8H,4-7H2,1-3H3;6H,5H2,1-4H3;5-7H,1-4H3;2*5H,1-4H3;8H,3-7H2,1-2H3;7H,3-6H2,1-2H3;5-7H,3-4H2,1-2H3;4H,1-3H3;2*4H,1-3H3;1-3H,(H,4,5);7*1-2H3;1H4/q;;;;+1;;;;;;;;;;;;;;;;;;. The van der Waals surface area contributed by atoms with Gasteiger partial charge >= 0.3 is 0 Å². The predicted octanol–water partition coefficient (Wildman–Crippen LogP) is 32.8. The number of rotatable bonds is 11. The summed E-state index contributed by atoms with van der Waals surface area (Å²) in [5.41, 5.74) is 6.26. The van der Waals surface area contributed by atoms with Gasteiger partial charge in [0.1, 0.15) is 11.9 Å². The van der Waals surface area contributed by atoms with Crippen molar-refractivity contribution < 1.29 is 18.6 Å². The highest BCUT2D eigenvalue weighted by molar-refractivity contribution is 7.11. The van der Waals surface area contributed by atoms with E-state index in [-0.39, 0.29) is 13.5 Å². The molecule has 4 atom stereocenters. The zero-order chi connectivity index (χ0) is 110. The molecule has 1 saturated carbocycles. The van der Waals surface area contributed by atoms with Gasteiger partial charge in [-0.2, -0.15) is 0 Å². The second-order valence-corrected chi connectivity index (χ2v) is 41.8. The Morgan fingerprint density at radius 1 is 0.471 bits per heavy atom. The van der Waals surface area contributed by atoms with Crippen molar-refractivity contribution in [2.24, 2.45) is 70.4 Å². The number of morpholine rings is 1. The first-order valence-electron chi connectivity index (χ1n) is 56.4. The number of tetrazole rings is 1. The minimum absolute atomic E-state index is 0. The smallest absolute Gasteiger partial charge is 0.197 e. The molecule has 5 aromatic rings. The van der Waals surface area contributed by atoms with Crippen molar-refractivity contribution in [3.63, 3.8) is 0 Å². The van der Waals surface area contributed by atoms with E-state index in [2.05, 4.69) is 356 Å². The Hall–Kier alpha value is -5.13. The molecule has 5 saturated heterocycles. The summed E-state index contributed by atoms with van der Waals surface area (Å²) in [4.78, 5) is 33.1. The quantitative estimate of drug-likeness (QED) is 0.119. The number of aromatic amines is 1. The molecular weight excluding hydrogens is 1750 g/mol. The molecule has 11 heterocycles. The SMILES string of the molecule is C.CC.CC.CC.CC.CC.CC.CC.CC(C)C.CC(C)C.CC(C)C1=NC(C)C(C)O1.CC(C)C1CCCCC1.CC(C)C1CCN(C)CC1.CC(C)N1CCCCC1.CC(C)N1CCN(C)CC1.CC(C)N1CCOCC1.CC(C)c1ccccc1.CC(C)c1nnnn1C.CC1=N[N+](C)=C(C(C)C)C1.CC1CCNC1C.Cc1nc(C(C)C)oc1C.Cc1nc(C(C)C)sc1C.c1c[nH]cn1. The first kappa shape index (κ1) is 155. The number of likely N-dealkylation sites (N-methyl/N-ethyl adjacent to an activating group) is 1. The Balaban J connectivity index is -0.000000161. The summed E-state index contributed by atoms with van der Waals surface area (Å²) in [6, 6.07) is 13.8. The highest BCUT2D eigenvalue weighted by atomic mass is 32.1. The molecule has 140 heavy (non-hydrogen) atoms. The van der Waals surface area contributed by atoms with E-state index in [0.29, 0.717) is 47.6 Å². The molecule has 1 aliphatic carbocycles. The topological polar surface area (TPSA) is 186 Å². The number of oxazole rings is 1. The maximum Gasteiger partial charge on any atom is 0.197 e. The van der Waals surface area contributed by atoms with Crippen LogP contribution in [0.5, 0.6) is 0 Å². The average molecular weight is 2000 g/mol. The van der Waals surface area contributed by atoms with Gasteiger partial charge in [-0.3, -0.25) is 9.80 Å². The van der Waals surface area contributed by atoms with Crippen molar-refractivity contribution >= 4 is 28.7 Å². The number of aliphatic imine (C=N–C) groups is 1. The summed E-state index contributed by atoms with van der Waals surface area (Å²) in [5.74, 6) is 13.2. The van der Waals surface area contributed by atoms with E-state index < -0.39 is 0 Å². The number of hydrogen-bond donors (Lipinski definition) is 2. The fraction of sp³-hybridized carbons (Fsp3) is 0.840. The van der Waals surface area contributed by atoms with Gasteiger partial charge in [-0.15, -0.1) is 16.4 Å². The number of aryl methyl sites for hydroxylation is 5. The van der Waals surface area contributed by atoms with Crippen molar-refractivity contribution in [1.29, 1.82) is 0 Å². The van der Waals surface area contributed by atoms with E-state index in [1.807, 2.05) is 147 Å². The molecule has 0 radical (unpaired) electrons. The van der Waals surface area contributed by atoms with Gasteiger partial charge in [-0.1, -0.05) is 337 Å². The number of thiazole rings is 1. The summed E-state index contributed by atoms with van der Waals surface area (Å²) >= 11 is 1.81. The van der Waals surface area contributed by atoms with Gasteiger partial charge in [0, 0.05) is 117 Å². The number of piperidine rings is 2. The van der Waals surface area contributed by atoms with Crippen LogP contribution in [0.1, 0.15) is 478 Å². The van der Waals surface area contributed by atoms with Crippen LogP contribution < -0.4 is 5.32 Å². The van der Waals surface area contributed by atoms with E-state index in [9.17, 15) is 0 Å². The molecule has 8 aliphatic rings. The fourth-order valence-corrected chi connectivity index (χ4v) is 14.8. The lowest BCUT2D eigenvalue weighted by Gasteiger charge is -2.34. The third kappa shape index (κ3) is 86.0. The molecule has 2 N–H and O–H groups in total. The van der Waals surface area contributed by atoms with E-state index in [1.165, 1.54) is 162 Å². The molecule has 6 fully saturated rings. The first-order valence-corrected chi connectivity index (χ1v) is 57.2. The lowest BCUT2D eigenvalue weighted by Crippen LogP contribution is -2.47. The second kappa shape index (κ2) is 101. The Kier molecular flexibility index (Phi) is 112. The molecule has 20 nitrogen and oxygen atoms in total.